The molecule has 0 fully saturated rings. The third-order valence-corrected chi connectivity index (χ3v) is 5.51. The summed E-state index contributed by atoms with van der Waals surface area (Å²) in [6.07, 6.45) is 0. The Morgan fingerprint density at radius 2 is 1.67 bits per heavy atom. The molecular weight excluding hydrogens is 352 g/mol. The number of hydrogen-bond acceptors (Lipinski definition) is 3. The van der Waals surface area contributed by atoms with Crippen LogP contribution in [0.5, 0.6) is 5.75 Å². The number of benzene rings is 3. The third-order valence-electron chi connectivity index (χ3n) is 4.61. The Labute approximate surface area is 164 Å². The highest BCUT2D eigenvalue weighted by atomic mass is 32.2. The summed E-state index contributed by atoms with van der Waals surface area (Å²) in [6, 6.07) is 24.9. The van der Waals surface area contributed by atoms with E-state index in [-0.39, 0.29) is 0 Å². The first-order valence-electron chi connectivity index (χ1n) is 9.08. The summed E-state index contributed by atoms with van der Waals surface area (Å²) in [6.45, 7) is 4.87. The number of imidazole rings is 1. The van der Waals surface area contributed by atoms with Gasteiger partial charge in [0.1, 0.15) is 5.75 Å². The van der Waals surface area contributed by atoms with Crippen LogP contribution < -0.4 is 4.74 Å². The minimum Gasteiger partial charge on any atom is -0.493 e. The normalized spacial score (nSPS) is 11.0. The largest absolute Gasteiger partial charge is 0.493 e. The summed E-state index contributed by atoms with van der Waals surface area (Å²) in [7, 11) is 0. The number of thioether (sulfide) groups is 1. The highest BCUT2D eigenvalue weighted by molar-refractivity contribution is 7.99. The lowest BCUT2D eigenvalue weighted by Gasteiger charge is -2.10. The SMILES string of the molecule is Cc1ccc(OCCSc2nc3ccccc3n2-c2ccccc2)cc1C. The number of aromatic nitrogens is 2. The highest BCUT2D eigenvalue weighted by Gasteiger charge is 2.12. The fourth-order valence-corrected chi connectivity index (χ4v) is 3.87. The van der Waals surface area contributed by atoms with Gasteiger partial charge in [-0.3, -0.25) is 4.57 Å². The van der Waals surface area contributed by atoms with Crippen molar-refractivity contribution in [3.8, 4) is 11.4 Å². The van der Waals surface area contributed by atoms with Crippen molar-refractivity contribution >= 4 is 22.8 Å². The van der Waals surface area contributed by atoms with Crippen molar-refractivity contribution < 1.29 is 4.74 Å². The van der Waals surface area contributed by atoms with Gasteiger partial charge in [0, 0.05) is 11.4 Å². The maximum atomic E-state index is 5.93. The van der Waals surface area contributed by atoms with Crippen molar-refractivity contribution in [1.29, 1.82) is 0 Å². The van der Waals surface area contributed by atoms with Crippen LogP contribution in [0.1, 0.15) is 11.1 Å². The maximum absolute atomic E-state index is 5.93. The lowest BCUT2D eigenvalue weighted by atomic mass is 10.1. The van der Waals surface area contributed by atoms with Gasteiger partial charge in [-0.2, -0.15) is 0 Å². The topological polar surface area (TPSA) is 27.1 Å². The average molecular weight is 375 g/mol. The molecule has 0 aliphatic carbocycles. The van der Waals surface area contributed by atoms with Gasteiger partial charge in [0.15, 0.2) is 5.16 Å². The summed E-state index contributed by atoms with van der Waals surface area (Å²) < 4.78 is 8.14. The van der Waals surface area contributed by atoms with Crippen LogP contribution in [-0.2, 0) is 0 Å². The van der Waals surface area contributed by atoms with E-state index in [0.717, 1.165) is 33.4 Å². The molecule has 4 rings (SSSR count). The van der Waals surface area contributed by atoms with E-state index in [0.29, 0.717) is 6.61 Å². The van der Waals surface area contributed by atoms with E-state index in [9.17, 15) is 0 Å². The number of rotatable bonds is 6. The Hall–Kier alpha value is -2.72. The number of hydrogen-bond donors (Lipinski definition) is 0. The van der Waals surface area contributed by atoms with Gasteiger partial charge in [-0.15, -0.1) is 0 Å². The molecule has 0 unspecified atom stereocenters. The second-order valence-electron chi connectivity index (χ2n) is 6.50. The van der Waals surface area contributed by atoms with Crippen molar-refractivity contribution in [2.45, 2.75) is 19.0 Å². The van der Waals surface area contributed by atoms with Gasteiger partial charge in [-0.25, -0.2) is 4.98 Å². The van der Waals surface area contributed by atoms with Crippen LogP contribution >= 0.6 is 11.8 Å². The summed E-state index contributed by atoms with van der Waals surface area (Å²) >= 11 is 1.72. The molecular formula is C23H22N2OS. The van der Waals surface area contributed by atoms with Crippen LogP contribution in [0, 0.1) is 13.8 Å². The molecule has 0 bridgehead atoms. The minimum atomic E-state index is 0.644. The Morgan fingerprint density at radius 1 is 0.889 bits per heavy atom. The van der Waals surface area contributed by atoms with Crippen molar-refractivity contribution in [3.63, 3.8) is 0 Å². The van der Waals surface area contributed by atoms with Crippen LogP contribution in [0.4, 0.5) is 0 Å². The first-order valence-corrected chi connectivity index (χ1v) is 10.1. The predicted octanol–water partition coefficient (Wildman–Crippen LogP) is 5.81. The average Bonchev–Trinajstić information content (AvgIpc) is 3.07. The molecule has 0 N–H and O–H groups in total. The third kappa shape index (κ3) is 3.86. The zero-order chi connectivity index (χ0) is 18.6. The molecule has 27 heavy (non-hydrogen) atoms. The van der Waals surface area contributed by atoms with E-state index in [2.05, 4.69) is 73.0 Å². The Balaban J connectivity index is 1.51. The van der Waals surface area contributed by atoms with E-state index in [4.69, 9.17) is 9.72 Å². The van der Waals surface area contributed by atoms with Gasteiger partial charge >= 0.3 is 0 Å². The van der Waals surface area contributed by atoms with Crippen molar-refractivity contribution in [1.82, 2.24) is 9.55 Å². The number of fused-ring (bicyclic) bond motifs is 1. The summed E-state index contributed by atoms with van der Waals surface area (Å²) in [5, 5.41) is 0.992. The van der Waals surface area contributed by atoms with Crippen LogP contribution in [0.3, 0.4) is 0 Å². The second-order valence-corrected chi connectivity index (χ2v) is 7.56. The minimum absolute atomic E-state index is 0.644. The molecule has 0 amide bonds. The Morgan fingerprint density at radius 3 is 2.48 bits per heavy atom. The molecule has 0 atom stereocenters. The molecule has 0 radical (unpaired) electrons. The molecule has 136 valence electrons. The van der Waals surface area contributed by atoms with Crippen LogP contribution in [0.2, 0.25) is 0 Å². The molecule has 4 heteroatoms. The molecule has 0 saturated carbocycles. The second kappa shape index (κ2) is 7.89. The molecule has 1 heterocycles. The first-order chi connectivity index (χ1) is 13.2. The quantitative estimate of drug-likeness (QED) is 0.315. The van der Waals surface area contributed by atoms with E-state index in [1.807, 2.05) is 18.2 Å². The van der Waals surface area contributed by atoms with E-state index < -0.39 is 0 Å². The smallest absolute Gasteiger partial charge is 0.173 e. The molecule has 4 aromatic rings. The van der Waals surface area contributed by atoms with Gasteiger partial charge in [0.05, 0.1) is 17.6 Å². The van der Waals surface area contributed by atoms with Crippen LogP contribution in [-0.4, -0.2) is 21.9 Å². The zero-order valence-corrected chi connectivity index (χ0v) is 16.4. The van der Waals surface area contributed by atoms with Gasteiger partial charge in [-0.05, 0) is 61.4 Å². The fraction of sp³-hybridized carbons (Fsp3) is 0.174. The predicted molar refractivity (Wildman–Crippen MR) is 113 cm³/mol. The molecule has 0 saturated heterocycles. The van der Waals surface area contributed by atoms with Crippen molar-refractivity contribution in [2.24, 2.45) is 0 Å². The summed E-state index contributed by atoms with van der Waals surface area (Å²) in [5.41, 5.74) is 5.81. The summed E-state index contributed by atoms with van der Waals surface area (Å²) in [5.74, 6) is 1.76. The van der Waals surface area contributed by atoms with E-state index in [1.165, 1.54) is 11.1 Å². The van der Waals surface area contributed by atoms with Crippen LogP contribution in [0.15, 0.2) is 78.0 Å². The maximum Gasteiger partial charge on any atom is 0.173 e. The van der Waals surface area contributed by atoms with E-state index >= 15 is 0 Å². The fourth-order valence-electron chi connectivity index (χ4n) is 3.02. The van der Waals surface area contributed by atoms with Gasteiger partial charge in [0.25, 0.3) is 0 Å². The first kappa shape index (κ1) is 17.7. The standard InChI is InChI=1S/C23H22N2OS/c1-17-12-13-20(16-18(17)2)26-14-15-27-23-24-21-10-6-7-11-22(21)25(23)19-8-4-3-5-9-19/h3-13,16H,14-15H2,1-2H3. The molecule has 0 aliphatic heterocycles. The van der Waals surface area contributed by atoms with Gasteiger partial charge in [0.2, 0.25) is 0 Å². The lowest BCUT2D eigenvalue weighted by molar-refractivity contribution is 0.343. The number of nitrogens with zero attached hydrogens (tertiary/aromatic N) is 2. The Kier molecular flexibility index (Phi) is 5.16. The molecule has 1 aromatic heterocycles. The van der Waals surface area contributed by atoms with Crippen LogP contribution in [0.25, 0.3) is 16.7 Å². The molecule has 3 aromatic carbocycles. The van der Waals surface area contributed by atoms with Crippen molar-refractivity contribution in [3.05, 3.63) is 83.9 Å². The number of para-hydroxylation sites is 3. The van der Waals surface area contributed by atoms with E-state index in [1.54, 1.807) is 11.8 Å². The highest BCUT2D eigenvalue weighted by Crippen LogP contribution is 2.28. The van der Waals surface area contributed by atoms with Crippen molar-refractivity contribution in [2.75, 3.05) is 12.4 Å². The number of ether oxygens (including phenoxy) is 1. The summed E-state index contributed by atoms with van der Waals surface area (Å²) in [4.78, 5) is 4.83. The zero-order valence-electron chi connectivity index (χ0n) is 15.6. The molecule has 0 spiro atoms. The molecule has 0 aliphatic rings. The Bertz CT molecular complexity index is 1060. The van der Waals surface area contributed by atoms with Gasteiger partial charge in [-0.1, -0.05) is 48.2 Å². The monoisotopic (exact) mass is 374 g/mol. The number of aryl methyl sites for hydroxylation is 2. The lowest BCUT2D eigenvalue weighted by Crippen LogP contribution is -2.03. The van der Waals surface area contributed by atoms with Gasteiger partial charge < -0.3 is 4.74 Å². The molecule has 3 nitrogen and oxygen atoms in total.